The largest absolute Gasteiger partial charge is 0.378 e. The predicted octanol–water partition coefficient (Wildman–Crippen LogP) is 2.84. The van der Waals surface area contributed by atoms with Crippen LogP contribution in [0.25, 0.3) is 0 Å². The summed E-state index contributed by atoms with van der Waals surface area (Å²) >= 11 is 5.95. The van der Waals surface area contributed by atoms with E-state index in [9.17, 15) is 4.79 Å². The molecular weight excluding hydrogens is 372 g/mol. The molecule has 1 fully saturated rings. The minimum Gasteiger partial charge on any atom is -0.378 e. The van der Waals surface area contributed by atoms with Crippen LogP contribution in [-0.2, 0) is 17.9 Å². The van der Waals surface area contributed by atoms with Crippen molar-refractivity contribution in [2.45, 2.75) is 13.1 Å². The Labute approximate surface area is 172 Å². The van der Waals surface area contributed by atoms with Crippen LogP contribution in [0.15, 0.2) is 48.5 Å². The van der Waals surface area contributed by atoms with Crippen molar-refractivity contribution in [1.82, 2.24) is 15.1 Å². The van der Waals surface area contributed by atoms with Gasteiger partial charge in [0, 0.05) is 64.1 Å². The third kappa shape index (κ3) is 6.23. The quantitative estimate of drug-likeness (QED) is 0.775. The molecule has 1 aliphatic heterocycles. The fourth-order valence-corrected chi connectivity index (χ4v) is 3.45. The molecule has 3 rings (SSSR count). The fraction of sp³-hybridized carbons (Fsp3) is 0.409. The van der Waals surface area contributed by atoms with Crippen molar-refractivity contribution in [2.75, 3.05) is 51.7 Å². The number of anilines is 1. The van der Waals surface area contributed by atoms with Gasteiger partial charge in [0.1, 0.15) is 0 Å². The third-order valence-electron chi connectivity index (χ3n) is 5.09. The number of hydrogen-bond donors (Lipinski definition) is 1. The molecule has 2 aromatic rings. The summed E-state index contributed by atoms with van der Waals surface area (Å²) < 4.78 is 0. The van der Waals surface area contributed by atoms with Gasteiger partial charge in [0.25, 0.3) is 0 Å². The zero-order valence-electron chi connectivity index (χ0n) is 16.7. The second-order valence-electron chi connectivity index (χ2n) is 7.52. The normalized spacial score (nSPS) is 15.4. The molecule has 0 aromatic heterocycles. The van der Waals surface area contributed by atoms with E-state index in [1.165, 1.54) is 5.56 Å². The number of nitrogens with zero attached hydrogens (tertiary/aromatic N) is 3. The van der Waals surface area contributed by atoms with Crippen LogP contribution in [0.4, 0.5) is 5.69 Å². The maximum absolute atomic E-state index is 12.3. The van der Waals surface area contributed by atoms with Gasteiger partial charge in [-0.25, -0.2) is 0 Å². The Hall–Kier alpha value is -2.08. The number of benzene rings is 2. The molecule has 0 atom stereocenters. The average molecular weight is 401 g/mol. The Morgan fingerprint density at radius 3 is 2.11 bits per heavy atom. The maximum Gasteiger partial charge on any atom is 0.234 e. The van der Waals surface area contributed by atoms with Crippen molar-refractivity contribution in [3.05, 3.63) is 64.7 Å². The van der Waals surface area contributed by atoms with Crippen LogP contribution < -0.4 is 10.2 Å². The molecule has 6 heteroatoms. The van der Waals surface area contributed by atoms with E-state index in [4.69, 9.17) is 11.6 Å². The van der Waals surface area contributed by atoms with Gasteiger partial charge in [-0.1, -0.05) is 35.9 Å². The monoisotopic (exact) mass is 400 g/mol. The number of nitrogens with one attached hydrogen (secondary N) is 1. The highest BCUT2D eigenvalue weighted by Crippen LogP contribution is 2.13. The predicted molar refractivity (Wildman–Crippen MR) is 116 cm³/mol. The summed E-state index contributed by atoms with van der Waals surface area (Å²) in [6.07, 6.45) is 0. The third-order valence-corrected chi connectivity index (χ3v) is 5.35. The van der Waals surface area contributed by atoms with Gasteiger partial charge in [-0.3, -0.25) is 14.6 Å². The van der Waals surface area contributed by atoms with E-state index < -0.39 is 0 Å². The molecule has 2 aromatic carbocycles. The van der Waals surface area contributed by atoms with Crippen LogP contribution >= 0.6 is 11.6 Å². The SMILES string of the molecule is CN(C)c1ccc(CNC(=O)CN2CCN(Cc3ccc(Cl)cc3)CC2)cc1. The van der Waals surface area contributed by atoms with E-state index in [-0.39, 0.29) is 5.91 Å². The van der Waals surface area contributed by atoms with E-state index in [1.807, 2.05) is 26.2 Å². The molecule has 5 nitrogen and oxygen atoms in total. The van der Waals surface area contributed by atoms with Crippen molar-refractivity contribution in [3.8, 4) is 0 Å². The van der Waals surface area contributed by atoms with E-state index in [1.54, 1.807) is 0 Å². The summed E-state index contributed by atoms with van der Waals surface area (Å²) in [7, 11) is 4.04. The van der Waals surface area contributed by atoms with Crippen LogP contribution in [0.2, 0.25) is 5.02 Å². The molecular formula is C22H29ClN4O. The molecule has 0 spiro atoms. The van der Waals surface area contributed by atoms with E-state index in [0.717, 1.165) is 49.0 Å². The molecule has 0 saturated carbocycles. The van der Waals surface area contributed by atoms with Gasteiger partial charge in [-0.2, -0.15) is 0 Å². The number of rotatable bonds is 7. The van der Waals surface area contributed by atoms with Gasteiger partial charge in [0.2, 0.25) is 5.91 Å². The topological polar surface area (TPSA) is 38.8 Å². The molecule has 1 heterocycles. The lowest BCUT2D eigenvalue weighted by Crippen LogP contribution is -2.49. The standard InChI is InChI=1S/C22H29ClN4O/c1-25(2)21-9-5-18(6-10-21)15-24-22(28)17-27-13-11-26(12-14-27)16-19-3-7-20(23)8-4-19/h3-10H,11-17H2,1-2H3,(H,24,28). The van der Waals surface area contributed by atoms with Gasteiger partial charge in [-0.05, 0) is 35.4 Å². The Morgan fingerprint density at radius 2 is 1.50 bits per heavy atom. The summed E-state index contributed by atoms with van der Waals surface area (Å²) in [4.78, 5) is 19.0. The number of amides is 1. The minimum absolute atomic E-state index is 0.0860. The molecule has 1 amide bonds. The maximum atomic E-state index is 12.3. The highest BCUT2D eigenvalue weighted by Gasteiger charge is 2.19. The molecule has 0 radical (unpaired) electrons. The summed E-state index contributed by atoms with van der Waals surface area (Å²) in [5, 5.41) is 3.80. The van der Waals surface area contributed by atoms with Crippen LogP contribution in [-0.4, -0.2) is 62.5 Å². The van der Waals surface area contributed by atoms with Crippen LogP contribution in [0, 0.1) is 0 Å². The summed E-state index contributed by atoms with van der Waals surface area (Å²) in [5.41, 5.74) is 3.55. The number of piperazine rings is 1. The summed E-state index contributed by atoms with van der Waals surface area (Å²) in [6.45, 7) is 5.74. The van der Waals surface area contributed by atoms with Gasteiger partial charge in [0.05, 0.1) is 6.54 Å². The van der Waals surface area contributed by atoms with E-state index in [2.05, 4.69) is 56.4 Å². The van der Waals surface area contributed by atoms with Crippen molar-refractivity contribution >= 4 is 23.2 Å². The highest BCUT2D eigenvalue weighted by atomic mass is 35.5. The Kier molecular flexibility index (Phi) is 7.31. The highest BCUT2D eigenvalue weighted by molar-refractivity contribution is 6.30. The lowest BCUT2D eigenvalue weighted by Gasteiger charge is -2.34. The van der Waals surface area contributed by atoms with Gasteiger partial charge in [-0.15, -0.1) is 0 Å². The van der Waals surface area contributed by atoms with Crippen molar-refractivity contribution in [1.29, 1.82) is 0 Å². The van der Waals surface area contributed by atoms with E-state index >= 15 is 0 Å². The first-order chi connectivity index (χ1) is 13.5. The summed E-state index contributed by atoms with van der Waals surface area (Å²) in [5.74, 6) is 0.0860. The number of hydrogen-bond acceptors (Lipinski definition) is 4. The first-order valence-corrected chi connectivity index (χ1v) is 10.1. The minimum atomic E-state index is 0.0860. The second-order valence-corrected chi connectivity index (χ2v) is 7.95. The molecule has 28 heavy (non-hydrogen) atoms. The first kappa shape index (κ1) is 20.6. The Balaban J connectivity index is 1.37. The number of carbonyl (C=O) groups is 1. The summed E-state index contributed by atoms with van der Waals surface area (Å²) in [6, 6.07) is 16.3. The molecule has 0 bridgehead atoms. The Bertz CT molecular complexity index is 753. The Morgan fingerprint density at radius 1 is 0.929 bits per heavy atom. The number of carbonyl (C=O) groups excluding carboxylic acids is 1. The van der Waals surface area contributed by atoms with Gasteiger partial charge < -0.3 is 10.2 Å². The van der Waals surface area contributed by atoms with Crippen molar-refractivity contribution in [2.24, 2.45) is 0 Å². The molecule has 0 unspecified atom stereocenters. The molecule has 150 valence electrons. The smallest absolute Gasteiger partial charge is 0.234 e. The molecule has 0 aliphatic carbocycles. The van der Waals surface area contributed by atoms with Crippen molar-refractivity contribution < 1.29 is 4.79 Å². The van der Waals surface area contributed by atoms with Crippen LogP contribution in [0.5, 0.6) is 0 Å². The molecule has 1 N–H and O–H groups in total. The van der Waals surface area contributed by atoms with Crippen LogP contribution in [0.1, 0.15) is 11.1 Å². The van der Waals surface area contributed by atoms with Crippen molar-refractivity contribution in [3.63, 3.8) is 0 Å². The zero-order chi connectivity index (χ0) is 19.9. The van der Waals surface area contributed by atoms with Gasteiger partial charge in [0.15, 0.2) is 0 Å². The lowest BCUT2D eigenvalue weighted by molar-refractivity contribution is -0.122. The second kappa shape index (κ2) is 9.92. The molecule has 1 saturated heterocycles. The van der Waals surface area contributed by atoms with Crippen LogP contribution in [0.3, 0.4) is 0 Å². The first-order valence-electron chi connectivity index (χ1n) is 9.72. The molecule has 1 aliphatic rings. The van der Waals surface area contributed by atoms with E-state index in [0.29, 0.717) is 13.1 Å². The zero-order valence-corrected chi connectivity index (χ0v) is 17.5. The average Bonchev–Trinajstić information content (AvgIpc) is 2.70. The fourth-order valence-electron chi connectivity index (χ4n) is 3.33. The lowest BCUT2D eigenvalue weighted by atomic mass is 10.2. The van der Waals surface area contributed by atoms with Gasteiger partial charge >= 0.3 is 0 Å². The number of halogens is 1.